The fourth-order valence-corrected chi connectivity index (χ4v) is 4.10. The van der Waals surface area contributed by atoms with Crippen LogP contribution >= 0.6 is 0 Å². The van der Waals surface area contributed by atoms with E-state index in [1.807, 2.05) is 17.1 Å². The summed E-state index contributed by atoms with van der Waals surface area (Å²) >= 11 is 0. The van der Waals surface area contributed by atoms with Gasteiger partial charge in [-0.1, -0.05) is 35.9 Å². The van der Waals surface area contributed by atoms with Gasteiger partial charge in [0.1, 0.15) is 12.0 Å². The molecule has 0 aromatic heterocycles. The van der Waals surface area contributed by atoms with Crippen LogP contribution in [0.1, 0.15) is 41.5 Å². The van der Waals surface area contributed by atoms with Gasteiger partial charge in [-0.2, -0.15) is 13.2 Å². The molecule has 2 aromatic carbocycles. The molecule has 0 saturated heterocycles. The number of benzene rings is 2. The molecular formula is C23H21F4NO. The van der Waals surface area contributed by atoms with Crippen molar-refractivity contribution in [2.24, 2.45) is 0 Å². The first kappa shape index (κ1) is 19.9. The molecule has 4 rings (SSSR count). The smallest absolute Gasteiger partial charge is 0.379 e. The quantitative estimate of drug-likeness (QED) is 0.552. The average molecular weight is 403 g/mol. The Morgan fingerprint density at radius 2 is 1.83 bits per heavy atom. The van der Waals surface area contributed by atoms with E-state index in [4.69, 9.17) is 0 Å². The van der Waals surface area contributed by atoms with Crippen molar-refractivity contribution in [3.8, 4) is 0 Å². The second kappa shape index (κ2) is 7.43. The predicted molar refractivity (Wildman–Crippen MR) is 104 cm³/mol. The monoisotopic (exact) mass is 403 g/mol. The third-order valence-electron chi connectivity index (χ3n) is 5.70. The van der Waals surface area contributed by atoms with E-state index in [2.05, 4.69) is 0 Å². The van der Waals surface area contributed by atoms with Gasteiger partial charge in [0.25, 0.3) is 0 Å². The Balaban J connectivity index is 1.77. The Morgan fingerprint density at radius 1 is 1.10 bits per heavy atom. The van der Waals surface area contributed by atoms with Gasteiger partial charge in [-0.05, 0) is 59.9 Å². The van der Waals surface area contributed by atoms with Crippen molar-refractivity contribution >= 4 is 5.57 Å². The molecule has 2 aliphatic rings. The standard InChI is InChI=1S/C23H21F4NO/c1-14(29)28-10-8-16(9-11-28)21-13-20(15-2-5-18(24)6-3-15)19-7-4-17(12-22(19)21)23(25,26)27/h2-8,12-14,21,29H,9-11H2,1H3. The zero-order valence-corrected chi connectivity index (χ0v) is 15.9. The summed E-state index contributed by atoms with van der Waals surface area (Å²) in [6.07, 6.45) is -0.344. The molecule has 0 bridgehead atoms. The Hall–Kier alpha value is -2.44. The van der Waals surface area contributed by atoms with Crippen molar-refractivity contribution in [3.63, 3.8) is 0 Å². The zero-order chi connectivity index (χ0) is 20.8. The van der Waals surface area contributed by atoms with E-state index in [0.29, 0.717) is 25.1 Å². The fourth-order valence-electron chi connectivity index (χ4n) is 4.10. The lowest BCUT2D eigenvalue weighted by Gasteiger charge is -2.30. The first-order valence-electron chi connectivity index (χ1n) is 9.54. The second-order valence-electron chi connectivity index (χ2n) is 7.52. The van der Waals surface area contributed by atoms with Gasteiger partial charge >= 0.3 is 6.18 Å². The number of rotatable bonds is 3. The predicted octanol–water partition coefficient (Wildman–Crippen LogP) is 5.34. The number of fused-ring (bicyclic) bond motifs is 1. The number of aliphatic hydroxyl groups excluding tert-OH is 1. The lowest BCUT2D eigenvalue weighted by atomic mass is 9.88. The zero-order valence-electron chi connectivity index (χ0n) is 15.9. The van der Waals surface area contributed by atoms with Crippen molar-refractivity contribution in [1.29, 1.82) is 0 Å². The molecule has 2 atom stereocenters. The number of allylic oxidation sites excluding steroid dienone is 1. The maximum Gasteiger partial charge on any atom is 0.416 e. The molecule has 2 unspecified atom stereocenters. The largest absolute Gasteiger partial charge is 0.416 e. The average Bonchev–Trinajstić information content (AvgIpc) is 3.07. The third-order valence-corrected chi connectivity index (χ3v) is 5.70. The number of aliphatic hydroxyl groups is 1. The van der Waals surface area contributed by atoms with Crippen molar-refractivity contribution in [2.75, 3.05) is 13.1 Å². The third kappa shape index (κ3) is 3.87. The van der Waals surface area contributed by atoms with Crippen LogP contribution in [-0.2, 0) is 6.18 Å². The summed E-state index contributed by atoms with van der Waals surface area (Å²) in [6.45, 7) is 2.90. The first-order chi connectivity index (χ1) is 13.7. The fraction of sp³-hybridized carbons (Fsp3) is 0.304. The van der Waals surface area contributed by atoms with Crippen LogP contribution in [0.3, 0.4) is 0 Å². The van der Waals surface area contributed by atoms with Crippen molar-refractivity contribution in [1.82, 2.24) is 4.90 Å². The number of hydrogen-bond acceptors (Lipinski definition) is 2. The molecule has 2 nitrogen and oxygen atoms in total. The summed E-state index contributed by atoms with van der Waals surface area (Å²) in [7, 11) is 0. The molecule has 152 valence electrons. The molecular weight excluding hydrogens is 382 g/mol. The molecule has 1 aliphatic heterocycles. The maximum absolute atomic E-state index is 13.3. The van der Waals surface area contributed by atoms with Gasteiger partial charge in [-0.25, -0.2) is 4.39 Å². The Labute approximate surface area is 166 Å². The highest BCUT2D eigenvalue weighted by Gasteiger charge is 2.35. The lowest BCUT2D eigenvalue weighted by molar-refractivity contribution is -0.137. The van der Waals surface area contributed by atoms with Crippen LogP contribution in [0.4, 0.5) is 17.6 Å². The van der Waals surface area contributed by atoms with E-state index in [1.165, 1.54) is 24.3 Å². The van der Waals surface area contributed by atoms with Crippen LogP contribution in [-0.4, -0.2) is 29.3 Å². The van der Waals surface area contributed by atoms with Crippen molar-refractivity contribution in [3.05, 3.63) is 88.3 Å². The molecule has 1 N–H and O–H groups in total. The molecule has 0 fully saturated rings. The SMILES string of the molecule is CC(O)N1CC=C(C2C=C(c3ccc(F)cc3)c3ccc(C(F)(F)F)cc32)CC1. The van der Waals surface area contributed by atoms with Gasteiger partial charge in [-0.3, -0.25) is 4.90 Å². The molecule has 29 heavy (non-hydrogen) atoms. The summed E-state index contributed by atoms with van der Waals surface area (Å²) in [6, 6.07) is 9.85. The normalized spacial score (nSPS) is 20.8. The summed E-state index contributed by atoms with van der Waals surface area (Å²) < 4.78 is 53.3. The first-order valence-corrected chi connectivity index (χ1v) is 9.54. The summed E-state index contributed by atoms with van der Waals surface area (Å²) in [4.78, 5) is 1.90. The van der Waals surface area contributed by atoms with Crippen LogP contribution < -0.4 is 0 Å². The van der Waals surface area contributed by atoms with E-state index >= 15 is 0 Å². The van der Waals surface area contributed by atoms with Gasteiger partial charge in [-0.15, -0.1) is 0 Å². The van der Waals surface area contributed by atoms with Crippen LogP contribution in [0, 0.1) is 5.82 Å². The van der Waals surface area contributed by atoms with E-state index in [9.17, 15) is 22.7 Å². The molecule has 0 amide bonds. The van der Waals surface area contributed by atoms with E-state index in [1.54, 1.807) is 19.1 Å². The molecule has 2 aromatic rings. The molecule has 0 radical (unpaired) electrons. The summed E-state index contributed by atoms with van der Waals surface area (Å²) in [5.74, 6) is -0.617. The van der Waals surface area contributed by atoms with Gasteiger partial charge < -0.3 is 5.11 Å². The van der Waals surface area contributed by atoms with Gasteiger partial charge in [0.2, 0.25) is 0 Å². The van der Waals surface area contributed by atoms with E-state index in [0.717, 1.165) is 28.3 Å². The minimum Gasteiger partial charge on any atom is -0.379 e. The molecule has 6 heteroatoms. The van der Waals surface area contributed by atoms with Crippen molar-refractivity contribution < 1.29 is 22.7 Å². The van der Waals surface area contributed by atoms with Crippen LogP contribution in [0.5, 0.6) is 0 Å². The highest BCUT2D eigenvalue weighted by molar-refractivity contribution is 5.87. The van der Waals surface area contributed by atoms with E-state index in [-0.39, 0.29) is 11.7 Å². The number of nitrogens with zero attached hydrogens (tertiary/aromatic N) is 1. The van der Waals surface area contributed by atoms with Crippen LogP contribution in [0.25, 0.3) is 5.57 Å². The topological polar surface area (TPSA) is 23.5 Å². The summed E-state index contributed by atoms with van der Waals surface area (Å²) in [5.41, 5.74) is 3.33. The maximum atomic E-state index is 13.3. The minimum absolute atomic E-state index is 0.261. The Kier molecular flexibility index (Phi) is 5.09. The Bertz CT molecular complexity index is 973. The highest BCUT2D eigenvalue weighted by atomic mass is 19.4. The highest BCUT2D eigenvalue weighted by Crippen LogP contribution is 2.46. The molecule has 1 heterocycles. The van der Waals surface area contributed by atoms with Crippen molar-refractivity contribution in [2.45, 2.75) is 31.7 Å². The van der Waals surface area contributed by atoms with Gasteiger partial charge in [0.15, 0.2) is 0 Å². The van der Waals surface area contributed by atoms with E-state index < -0.39 is 18.0 Å². The number of hydrogen-bond donors (Lipinski definition) is 1. The molecule has 1 aliphatic carbocycles. The van der Waals surface area contributed by atoms with Crippen LogP contribution in [0.2, 0.25) is 0 Å². The van der Waals surface area contributed by atoms with Gasteiger partial charge in [0.05, 0.1) is 5.56 Å². The summed E-state index contributed by atoms with van der Waals surface area (Å²) in [5, 5.41) is 9.75. The van der Waals surface area contributed by atoms with Crippen LogP contribution in [0.15, 0.2) is 60.2 Å². The number of halogens is 4. The molecule has 0 spiro atoms. The lowest BCUT2D eigenvalue weighted by Crippen LogP contribution is -2.36. The van der Waals surface area contributed by atoms with Gasteiger partial charge in [0, 0.05) is 19.0 Å². The second-order valence-corrected chi connectivity index (χ2v) is 7.52. The Morgan fingerprint density at radius 3 is 2.41 bits per heavy atom. The molecule has 0 saturated carbocycles. The minimum atomic E-state index is -4.41. The number of alkyl halides is 3.